The number of carbonyl (C=O) groups is 1. The van der Waals surface area contributed by atoms with Crippen LogP contribution in [0.25, 0.3) is 0 Å². The number of tetrazole rings is 1. The van der Waals surface area contributed by atoms with Gasteiger partial charge in [-0.15, -0.1) is 5.10 Å². The molecule has 1 aliphatic carbocycles. The van der Waals surface area contributed by atoms with E-state index in [2.05, 4.69) is 20.8 Å². The molecule has 1 heterocycles. The van der Waals surface area contributed by atoms with Gasteiger partial charge in [0.2, 0.25) is 11.1 Å². The number of hydrogen-bond acceptors (Lipinski definition) is 5. The number of carbonyl (C=O) groups excluding carboxylic acids is 1. The minimum Gasteiger partial charge on any atom is -0.324 e. The summed E-state index contributed by atoms with van der Waals surface area (Å²) in [4.78, 5) is 12.0. The fourth-order valence-electron chi connectivity index (χ4n) is 2.54. The van der Waals surface area contributed by atoms with E-state index in [9.17, 15) is 4.79 Å². The summed E-state index contributed by atoms with van der Waals surface area (Å²) in [6.45, 7) is 0. The molecule has 22 heavy (non-hydrogen) atoms. The number of para-hydroxylation sites is 1. The number of nitrogens with zero attached hydrogens (tertiary/aromatic N) is 4. The molecule has 1 aromatic heterocycles. The predicted octanol–water partition coefficient (Wildman–Crippen LogP) is 3.17. The molecule has 1 fully saturated rings. The van der Waals surface area contributed by atoms with Crippen molar-refractivity contribution < 1.29 is 4.79 Å². The predicted molar refractivity (Wildman–Crippen MR) is 86.1 cm³/mol. The number of amides is 1. The van der Waals surface area contributed by atoms with Crippen LogP contribution >= 0.6 is 23.4 Å². The highest BCUT2D eigenvalue weighted by atomic mass is 35.5. The van der Waals surface area contributed by atoms with Crippen molar-refractivity contribution in [3.8, 4) is 0 Å². The largest absolute Gasteiger partial charge is 0.324 e. The second-order valence-electron chi connectivity index (χ2n) is 5.16. The number of halogens is 1. The van der Waals surface area contributed by atoms with Crippen molar-refractivity contribution >= 4 is 35.0 Å². The van der Waals surface area contributed by atoms with E-state index in [-0.39, 0.29) is 11.7 Å². The Balaban J connectivity index is 1.57. The van der Waals surface area contributed by atoms with Crippen LogP contribution in [-0.2, 0) is 4.79 Å². The molecule has 0 aliphatic heterocycles. The minimum atomic E-state index is -0.126. The number of rotatable bonds is 5. The van der Waals surface area contributed by atoms with Gasteiger partial charge in [-0.25, -0.2) is 4.68 Å². The third kappa shape index (κ3) is 3.59. The highest BCUT2D eigenvalue weighted by molar-refractivity contribution is 7.99. The van der Waals surface area contributed by atoms with Gasteiger partial charge < -0.3 is 5.32 Å². The highest BCUT2D eigenvalue weighted by Crippen LogP contribution is 2.31. The number of hydrogen-bond donors (Lipinski definition) is 1. The van der Waals surface area contributed by atoms with Crippen molar-refractivity contribution in [1.82, 2.24) is 20.2 Å². The summed E-state index contributed by atoms with van der Waals surface area (Å²) in [5, 5.41) is 15.8. The molecule has 0 unspecified atom stereocenters. The van der Waals surface area contributed by atoms with Gasteiger partial charge in [0.25, 0.3) is 0 Å². The van der Waals surface area contributed by atoms with E-state index >= 15 is 0 Å². The average Bonchev–Trinajstić information content (AvgIpc) is 3.18. The third-order valence-electron chi connectivity index (χ3n) is 3.61. The molecule has 0 atom stereocenters. The summed E-state index contributed by atoms with van der Waals surface area (Å²) in [6, 6.07) is 7.53. The number of anilines is 1. The van der Waals surface area contributed by atoms with Gasteiger partial charge in [0.1, 0.15) is 0 Å². The number of benzene rings is 1. The Morgan fingerprint density at radius 2 is 2.14 bits per heavy atom. The van der Waals surface area contributed by atoms with Gasteiger partial charge in [-0.2, -0.15) is 0 Å². The topological polar surface area (TPSA) is 72.7 Å². The van der Waals surface area contributed by atoms with Crippen LogP contribution in [0.3, 0.4) is 0 Å². The lowest BCUT2D eigenvalue weighted by Gasteiger charge is -2.11. The first kappa shape index (κ1) is 15.3. The van der Waals surface area contributed by atoms with E-state index in [0.717, 1.165) is 12.8 Å². The number of thioether (sulfide) groups is 1. The minimum absolute atomic E-state index is 0.126. The molecular formula is C14H16ClN5OS. The molecule has 1 N–H and O–H groups in total. The van der Waals surface area contributed by atoms with Crippen LogP contribution in [-0.4, -0.2) is 31.9 Å². The summed E-state index contributed by atoms with van der Waals surface area (Å²) in [6.07, 6.45) is 4.62. The molecule has 0 spiro atoms. The van der Waals surface area contributed by atoms with E-state index in [4.69, 9.17) is 11.6 Å². The van der Waals surface area contributed by atoms with Crippen LogP contribution in [0.1, 0.15) is 31.7 Å². The monoisotopic (exact) mass is 337 g/mol. The van der Waals surface area contributed by atoms with Gasteiger partial charge in [-0.3, -0.25) is 4.79 Å². The van der Waals surface area contributed by atoms with Crippen molar-refractivity contribution in [2.45, 2.75) is 36.9 Å². The summed E-state index contributed by atoms with van der Waals surface area (Å²) in [5.74, 6) is 0.122. The first-order valence-corrected chi connectivity index (χ1v) is 8.55. The maximum absolute atomic E-state index is 12.0. The summed E-state index contributed by atoms with van der Waals surface area (Å²) >= 11 is 7.37. The van der Waals surface area contributed by atoms with E-state index in [1.807, 2.05) is 16.8 Å². The van der Waals surface area contributed by atoms with Gasteiger partial charge in [-0.1, -0.05) is 48.3 Å². The standard InChI is InChI=1S/C14H16ClN5OS/c15-11-7-3-4-8-12(11)16-13(21)9-22-14-17-18-19-20(14)10-5-1-2-6-10/h3-4,7-8,10H,1-2,5-6,9H2,(H,16,21). The van der Waals surface area contributed by atoms with Gasteiger partial charge in [-0.05, 0) is 35.4 Å². The second-order valence-corrected chi connectivity index (χ2v) is 6.51. The molecule has 116 valence electrons. The number of aromatic nitrogens is 4. The van der Waals surface area contributed by atoms with Crippen LogP contribution in [0.5, 0.6) is 0 Å². The molecule has 1 aromatic carbocycles. The molecule has 1 amide bonds. The molecule has 1 aliphatic rings. The molecule has 8 heteroatoms. The zero-order valence-electron chi connectivity index (χ0n) is 11.9. The van der Waals surface area contributed by atoms with Crippen molar-refractivity contribution in [1.29, 1.82) is 0 Å². The van der Waals surface area contributed by atoms with Crippen molar-refractivity contribution in [3.63, 3.8) is 0 Å². The van der Waals surface area contributed by atoms with E-state index in [1.54, 1.807) is 12.1 Å². The van der Waals surface area contributed by atoms with Gasteiger partial charge in [0.15, 0.2) is 0 Å². The zero-order valence-corrected chi connectivity index (χ0v) is 13.5. The Bertz CT molecular complexity index is 656. The van der Waals surface area contributed by atoms with Gasteiger partial charge in [0, 0.05) is 0 Å². The van der Waals surface area contributed by atoms with E-state index < -0.39 is 0 Å². The Morgan fingerprint density at radius 3 is 2.91 bits per heavy atom. The molecule has 3 rings (SSSR count). The quantitative estimate of drug-likeness (QED) is 0.848. The van der Waals surface area contributed by atoms with Crippen LogP contribution in [0.2, 0.25) is 5.02 Å². The molecule has 0 bridgehead atoms. The lowest BCUT2D eigenvalue weighted by Crippen LogP contribution is -2.15. The molecule has 0 radical (unpaired) electrons. The fourth-order valence-corrected chi connectivity index (χ4v) is 3.46. The second kappa shape index (κ2) is 7.11. The van der Waals surface area contributed by atoms with E-state index in [0.29, 0.717) is 21.9 Å². The van der Waals surface area contributed by atoms with Crippen LogP contribution in [0, 0.1) is 0 Å². The summed E-state index contributed by atoms with van der Waals surface area (Å²) in [5.41, 5.74) is 0.616. The normalized spacial score (nSPS) is 15.1. The average molecular weight is 338 g/mol. The van der Waals surface area contributed by atoms with Crippen LogP contribution in [0.15, 0.2) is 29.4 Å². The summed E-state index contributed by atoms with van der Waals surface area (Å²) in [7, 11) is 0. The molecule has 0 saturated heterocycles. The van der Waals surface area contributed by atoms with E-state index in [1.165, 1.54) is 24.6 Å². The first-order chi connectivity index (χ1) is 10.7. The Hall–Kier alpha value is -1.60. The lowest BCUT2D eigenvalue weighted by atomic mass is 10.3. The fraction of sp³-hybridized carbons (Fsp3) is 0.429. The number of nitrogens with one attached hydrogen (secondary N) is 1. The smallest absolute Gasteiger partial charge is 0.234 e. The highest BCUT2D eigenvalue weighted by Gasteiger charge is 2.22. The molecular weight excluding hydrogens is 322 g/mol. The van der Waals surface area contributed by atoms with Crippen molar-refractivity contribution in [2.24, 2.45) is 0 Å². The first-order valence-electron chi connectivity index (χ1n) is 7.19. The van der Waals surface area contributed by atoms with Crippen LogP contribution < -0.4 is 5.32 Å². The SMILES string of the molecule is O=C(CSc1nnnn1C1CCCC1)Nc1ccccc1Cl. The van der Waals surface area contributed by atoms with Crippen molar-refractivity contribution in [3.05, 3.63) is 29.3 Å². The maximum Gasteiger partial charge on any atom is 0.234 e. The Labute approximate surface area is 137 Å². The van der Waals surface area contributed by atoms with Gasteiger partial charge in [0.05, 0.1) is 22.5 Å². The molecule has 2 aromatic rings. The Morgan fingerprint density at radius 1 is 1.36 bits per heavy atom. The third-order valence-corrected chi connectivity index (χ3v) is 4.88. The maximum atomic E-state index is 12.0. The van der Waals surface area contributed by atoms with Crippen LogP contribution in [0.4, 0.5) is 5.69 Å². The van der Waals surface area contributed by atoms with Crippen molar-refractivity contribution in [2.75, 3.05) is 11.1 Å². The summed E-state index contributed by atoms with van der Waals surface area (Å²) < 4.78 is 1.85. The van der Waals surface area contributed by atoms with Gasteiger partial charge >= 0.3 is 0 Å². The lowest BCUT2D eigenvalue weighted by molar-refractivity contribution is -0.113. The molecule has 6 nitrogen and oxygen atoms in total. The molecule has 1 saturated carbocycles. The zero-order chi connectivity index (χ0) is 15.4. The Kier molecular flexibility index (Phi) is 4.94.